The number of aryl methyl sites for hydroxylation is 1. The number of carbonyl (C=O) groups is 1. The van der Waals surface area contributed by atoms with Gasteiger partial charge in [0, 0.05) is 4.88 Å². The Bertz CT molecular complexity index is 765. The largest absolute Gasteiger partial charge is 0.493 e. The summed E-state index contributed by atoms with van der Waals surface area (Å²) in [5.41, 5.74) is 2.40. The first kappa shape index (κ1) is 18.7. The van der Waals surface area contributed by atoms with Crippen LogP contribution in [0.1, 0.15) is 34.9 Å². The van der Waals surface area contributed by atoms with Crippen molar-refractivity contribution in [3.8, 4) is 11.5 Å². The summed E-state index contributed by atoms with van der Waals surface area (Å²) in [4.78, 5) is 15.0. The van der Waals surface area contributed by atoms with Crippen molar-refractivity contribution in [1.29, 1.82) is 0 Å². The molecule has 1 aliphatic rings. The van der Waals surface area contributed by atoms with Crippen molar-refractivity contribution < 1.29 is 19.4 Å². The SMILES string of the molecule is COc1ccc(C(c2sccc2C)N2CCC(C(=O)O)CC2)cc1OC. The molecular weight excluding hydrogens is 350 g/mol. The Hall–Kier alpha value is -2.05. The second-order valence-electron chi connectivity index (χ2n) is 6.63. The highest BCUT2D eigenvalue weighted by molar-refractivity contribution is 7.10. The topological polar surface area (TPSA) is 59.0 Å². The fourth-order valence-corrected chi connectivity index (χ4v) is 4.71. The number of carboxylic acid groups (broad SMARTS) is 1. The quantitative estimate of drug-likeness (QED) is 0.828. The summed E-state index contributed by atoms with van der Waals surface area (Å²) in [6, 6.07) is 8.29. The van der Waals surface area contributed by atoms with Crippen molar-refractivity contribution in [1.82, 2.24) is 4.90 Å². The minimum Gasteiger partial charge on any atom is -0.493 e. The highest BCUT2D eigenvalue weighted by Gasteiger charge is 2.31. The molecule has 0 aliphatic carbocycles. The van der Waals surface area contributed by atoms with Gasteiger partial charge in [0.25, 0.3) is 0 Å². The standard InChI is InChI=1S/C20H25NO4S/c1-13-8-11-26-19(13)18(21-9-6-14(7-10-21)20(22)23)15-4-5-16(24-2)17(12-15)25-3/h4-5,8,11-12,14,18H,6-7,9-10H2,1-3H3,(H,22,23). The number of nitrogens with zero attached hydrogens (tertiary/aromatic N) is 1. The molecule has 140 valence electrons. The zero-order chi connectivity index (χ0) is 18.7. The molecular formula is C20H25NO4S. The monoisotopic (exact) mass is 375 g/mol. The fourth-order valence-electron chi connectivity index (χ4n) is 3.62. The van der Waals surface area contributed by atoms with Crippen LogP contribution >= 0.6 is 11.3 Å². The number of thiophene rings is 1. The Morgan fingerprint density at radius 2 is 1.88 bits per heavy atom. The van der Waals surface area contributed by atoms with E-state index in [0.29, 0.717) is 24.3 Å². The van der Waals surface area contributed by atoms with Gasteiger partial charge in [-0.05, 0) is 67.6 Å². The number of rotatable bonds is 6. The van der Waals surface area contributed by atoms with Crippen molar-refractivity contribution >= 4 is 17.3 Å². The lowest BCUT2D eigenvalue weighted by molar-refractivity contribution is -0.143. The summed E-state index contributed by atoms with van der Waals surface area (Å²) in [5, 5.41) is 11.4. The number of hydrogen-bond donors (Lipinski definition) is 1. The van der Waals surface area contributed by atoms with E-state index in [-0.39, 0.29) is 12.0 Å². The van der Waals surface area contributed by atoms with Crippen LogP contribution < -0.4 is 9.47 Å². The average Bonchev–Trinajstić information content (AvgIpc) is 3.08. The number of benzene rings is 1. The predicted molar refractivity (Wildman–Crippen MR) is 102 cm³/mol. The summed E-state index contributed by atoms with van der Waals surface area (Å²) in [7, 11) is 3.28. The molecule has 0 spiro atoms. The Labute approximate surface area is 158 Å². The molecule has 1 N–H and O–H groups in total. The minimum absolute atomic E-state index is 0.101. The number of methoxy groups -OCH3 is 2. The molecule has 1 saturated heterocycles. The lowest BCUT2D eigenvalue weighted by atomic mass is 9.93. The molecule has 3 rings (SSSR count). The van der Waals surface area contributed by atoms with Crippen LogP contribution in [0.3, 0.4) is 0 Å². The van der Waals surface area contributed by atoms with Gasteiger partial charge in [-0.3, -0.25) is 9.69 Å². The normalized spacial score (nSPS) is 17.0. The Kier molecular flexibility index (Phi) is 5.84. The second kappa shape index (κ2) is 8.10. The number of hydrogen-bond acceptors (Lipinski definition) is 5. The number of carboxylic acids is 1. The molecule has 2 aromatic rings. The lowest BCUT2D eigenvalue weighted by Crippen LogP contribution is -2.39. The summed E-state index contributed by atoms with van der Waals surface area (Å²) in [6.45, 7) is 3.67. The molecule has 1 aliphatic heterocycles. The van der Waals surface area contributed by atoms with E-state index < -0.39 is 5.97 Å². The van der Waals surface area contributed by atoms with E-state index in [1.165, 1.54) is 10.4 Å². The first-order valence-corrected chi connectivity index (χ1v) is 9.66. The number of ether oxygens (including phenoxy) is 2. The Morgan fingerprint density at radius 1 is 1.19 bits per heavy atom. The molecule has 5 nitrogen and oxygen atoms in total. The second-order valence-corrected chi connectivity index (χ2v) is 7.58. The van der Waals surface area contributed by atoms with E-state index in [2.05, 4.69) is 29.3 Å². The first-order chi connectivity index (χ1) is 12.5. The molecule has 26 heavy (non-hydrogen) atoms. The van der Waals surface area contributed by atoms with Crippen molar-refractivity contribution in [2.45, 2.75) is 25.8 Å². The van der Waals surface area contributed by atoms with Crippen molar-refractivity contribution in [3.05, 3.63) is 45.6 Å². The van der Waals surface area contributed by atoms with E-state index in [9.17, 15) is 9.90 Å². The van der Waals surface area contributed by atoms with Gasteiger partial charge >= 0.3 is 5.97 Å². The molecule has 6 heteroatoms. The van der Waals surface area contributed by atoms with Crippen LogP contribution in [-0.4, -0.2) is 43.3 Å². The molecule has 1 aromatic heterocycles. The minimum atomic E-state index is -0.681. The smallest absolute Gasteiger partial charge is 0.306 e. The van der Waals surface area contributed by atoms with Crippen LogP contribution in [0.5, 0.6) is 11.5 Å². The van der Waals surface area contributed by atoms with E-state index in [0.717, 1.165) is 18.7 Å². The zero-order valence-corrected chi connectivity index (χ0v) is 16.2. The summed E-state index contributed by atoms with van der Waals surface area (Å²) in [5.74, 6) is 0.508. The molecule has 0 bridgehead atoms. The third-order valence-corrected chi connectivity index (χ3v) is 6.19. The number of aliphatic carboxylic acids is 1. The maximum atomic E-state index is 11.3. The third-order valence-electron chi connectivity index (χ3n) is 5.12. The van der Waals surface area contributed by atoms with Crippen LogP contribution in [-0.2, 0) is 4.79 Å². The maximum absolute atomic E-state index is 11.3. The summed E-state index contributed by atoms with van der Waals surface area (Å²) in [6.07, 6.45) is 1.37. The van der Waals surface area contributed by atoms with Crippen LogP contribution in [0.25, 0.3) is 0 Å². The van der Waals surface area contributed by atoms with Gasteiger partial charge < -0.3 is 14.6 Å². The molecule has 2 heterocycles. The van der Waals surface area contributed by atoms with Gasteiger partial charge in [-0.25, -0.2) is 0 Å². The third kappa shape index (κ3) is 3.71. The van der Waals surface area contributed by atoms with Gasteiger partial charge in [-0.1, -0.05) is 6.07 Å². The Balaban J connectivity index is 1.95. The van der Waals surface area contributed by atoms with Gasteiger partial charge in [0.2, 0.25) is 0 Å². The van der Waals surface area contributed by atoms with Gasteiger partial charge in [0.15, 0.2) is 11.5 Å². The molecule has 1 fully saturated rings. The van der Waals surface area contributed by atoms with Crippen molar-refractivity contribution in [2.75, 3.05) is 27.3 Å². The highest BCUT2D eigenvalue weighted by Crippen LogP contribution is 2.39. The molecule has 0 radical (unpaired) electrons. The summed E-state index contributed by atoms with van der Waals surface area (Å²) >= 11 is 1.75. The maximum Gasteiger partial charge on any atom is 0.306 e. The molecule has 1 unspecified atom stereocenters. The van der Waals surface area contributed by atoms with Crippen LogP contribution in [0.4, 0.5) is 0 Å². The lowest BCUT2D eigenvalue weighted by Gasteiger charge is -2.37. The Morgan fingerprint density at radius 3 is 2.42 bits per heavy atom. The molecule has 1 atom stereocenters. The highest BCUT2D eigenvalue weighted by atomic mass is 32.1. The van der Waals surface area contributed by atoms with Gasteiger partial charge in [0.1, 0.15) is 0 Å². The summed E-state index contributed by atoms with van der Waals surface area (Å²) < 4.78 is 10.9. The van der Waals surface area contributed by atoms with E-state index in [1.807, 2.05) is 12.1 Å². The molecule has 1 aromatic carbocycles. The van der Waals surface area contributed by atoms with Crippen LogP contribution in [0, 0.1) is 12.8 Å². The van der Waals surface area contributed by atoms with Gasteiger partial charge in [0.05, 0.1) is 26.2 Å². The van der Waals surface area contributed by atoms with Crippen molar-refractivity contribution in [2.24, 2.45) is 5.92 Å². The van der Waals surface area contributed by atoms with E-state index >= 15 is 0 Å². The van der Waals surface area contributed by atoms with Crippen LogP contribution in [0.2, 0.25) is 0 Å². The van der Waals surface area contributed by atoms with Gasteiger partial charge in [-0.2, -0.15) is 0 Å². The predicted octanol–water partition coefficient (Wildman–Crippen LogP) is 3.96. The van der Waals surface area contributed by atoms with E-state index in [1.54, 1.807) is 25.6 Å². The number of piperidine rings is 1. The molecule has 0 amide bonds. The van der Waals surface area contributed by atoms with E-state index in [4.69, 9.17) is 9.47 Å². The first-order valence-electron chi connectivity index (χ1n) is 8.78. The van der Waals surface area contributed by atoms with Gasteiger partial charge in [-0.15, -0.1) is 11.3 Å². The average molecular weight is 375 g/mol. The number of likely N-dealkylation sites (tertiary alicyclic amines) is 1. The zero-order valence-electron chi connectivity index (χ0n) is 15.4. The van der Waals surface area contributed by atoms with Crippen molar-refractivity contribution in [3.63, 3.8) is 0 Å². The fraction of sp³-hybridized carbons (Fsp3) is 0.450. The van der Waals surface area contributed by atoms with Crippen LogP contribution in [0.15, 0.2) is 29.6 Å². The molecule has 0 saturated carbocycles.